The molecule has 0 bridgehead atoms. The first-order valence-electron chi connectivity index (χ1n) is 5.99. The number of rotatable bonds is 6. The summed E-state index contributed by atoms with van der Waals surface area (Å²) in [5.41, 5.74) is 0. The highest BCUT2D eigenvalue weighted by Crippen LogP contribution is 1.97. The van der Waals surface area contributed by atoms with Gasteiger partial charge in [0.15, 0.2) is 0 Å². The number of nitrogens with one attached hydrogen (secondary N) is 2. The summed E-state index contributed by atoms with van der Waals surface area (Å²) in [6.45, 7) is 6.63. The average molecular weight is 243 g/mol. The van der Waals surface area contributed by atoms with E-state index in [1.807, 2.05) is 0 Å². The number of hydrogen-bond acceptors (Lipinski definition) is 4. The molecule has 2 amide bonds. The third kappa shape index (κ3) is 6.91. The molecule has 0 unspecified atom stereocenters. The van der Waals surface area contributed by atoms with E-state index >= 15 is 0 Å². The van der Waals surface area contributed by atoms with E-state index in [1.54, 1.807) is 0 Å². The van der Waals surface area contributed by atoms with Crippen LogP contribution in [0.15, 0.2) is 0 Å². The Balaban J connectivity index is 1.95. The number of carbonyl (C=O) groups excluding carboxylic acids is 2. The van der Waals surface area contributed by atoms with E-state index in [1.165, 1.54) is 6.92 Å². The van der Waals surface area contributed by atoms with Crippen LogP contribution >= 0.6 is 0 Å². The first kappa shape index (κ1) is 13.9. The van der Waals surface area contributed by atoms with Crippen molar-refractivity contribution in [1.29, 1.82) is 0 Å². The number of nitrogens with zero attached hydrogens (tertiary/aromatic N) is 1. The largest absolute Gasteiger partial charge is 0.379 e. The van der Waals surface area contributed by atoms with Gasteiger partial charge in [-0.15, -0.1) is 0 Å². The van der Waals surface area contributed by atoms with Crippen molar-refractivity contribution >= 4 is 11.8 Å². The fourth-order valence-corrected chi connectivity index (χ4v) is 1.62. The van der Waals surface area contributed by atoms with Crippen LogP contribution in [-0.2, 0) is 14.3 Å². The second-order valence-corrected chi connectivity index (χ2v) is 4.07. The van der Waals surface area contributed by atoms with Crippen molar-refractivity contribution in [1.82, 2.24) is 15.5 Å². The van der Waals surface area contributed by atoms with E-state index in [0.717, 1.165) is 39.3 Å². The van der Waals surface area contributed by atoms with Crippen LogP contribution in [0.2, 0.25) is 0 Å². The van der Waals surface area contributed by atoms with E-state index in [0.29, 0.717) is 6.54 Å². The van der Waals surface area contributed by atoms with Gasteiger partial charge in [-0.2, -0.15) is 0 Å². The van der Waals surface area contributed by atoms with Gasteiger partial charge < -0.3 is 15.4 Å². The molecule has 0 aromatic carbocycles. The average Bonchev–Trinajstić information content (AvgIpc) is 2.33. The Morgan fingerprint density at radius 1 is 1.24 bits per heavy atom. The Kier molecular flexibility index (Phi) is 6.57. The number of hydrogen-bond donors (Lipinski definition) is 2. The van der Waals surface area contributed by atoms with Crippen LogP contribution in [0.1, 0.15) is 13.3 Å². The maximum absolute atomic E-state index is 11.2. The normalized spacial score (nSPS) is 16.5. The third-order valence-corrected chi connectivity index (χ3v) is 2.57. The summed E-state index contributed by atoms with van der Waals surface area (Å²) >= 11 is 0. The van der Waals surface area contributed by atoms with E-state index < -0.39 is 0 Å². The molecule has 0 radical (unpaired) electrons. The Morgan fingerprint density at radius 2 is 1.94 bits per heavy atom. The Labute approximate surface area is 102 Å². The molecule has 98 valence electrons. The van der Waals surface area contributed by atoms with Gasteiger partial charge >= 0.3 is 0 Å². The molecule has 0 aromatic heterocycles. The van der Waals surface area contributed by atoms with Gasteiger partial charge in [0.2, 0.25) is 11.8 Å². The molecule has 1 aliphatic rings. The van der Waals surface area contributed by atoms with E-state index in [9.17, 15) is 9.59 Å². The van der Waals surface area contributed by atoms with Crippen molar-refractivity contribution in [2.45, 2.75) is 13.3 Å². The van der Waals surface area contributed by atoms with Crippen molar-refractivity contribution in [3.8, 4) is 0 Å². The summed E-state index contributed by atoms with van der Waals surface area (Å²) in [6.07, 6.45) is 0.922. The minimum Gasteiger partial charge on any atom is -0.379 e. The quantitative estimate of drug-likeness (QED) is 0.585. The molecule has 0 aliphatic carbocycles. The fourth-order valence-electron chi connectivity index (χ4n) is 1.62. The van der Waals surface area contributed by atoms with Crippen molar-refractivity contribution < 1.29 is 14.3 Å². The number of carbonyl (C=O) groups is 2. The van der Waals surface area contributed by atoms with Gasteiger partial charge in [0.05, 0.1) is 19.8 Å². The van der Waals surface area contributed by atoms with Gasteiger partial charge in [-0.3, -0.25) is 14.5 Å². The molecule has 2 N–H and O–H groups in total. The zero-order valence-corrected chi connectivity index (χ0v) is 10.3. The van der Waals surface area contributed by atoms with Gasteiger partial charge in [-0.1, -0.05) is 0 Å². The molecule has 1 heterocycles. The lowest BCUT2D eigenvalue weighted by atomic mass is 10.3. The molecule has 0 atom stereocenters. The molecule has 6 heteroatoms. The molecule has 0 aromatic rings. The van der Waals surface area contributed by atoms with Crippen LogP contribution in [-0.4, -0.2) is 62.7 Å². The first-order valence-corrected chi connectivity index (χ1v) is 5.99. The molecular formula is C11H21N3O3. The lowest BCUT2D eigenvalue weighted by Gasteiger charge is -2.26. The Hall–Kier alpha value is -1.14. The lowest BCUT2D eigenvalue weighted by Crippen LogP contribution is -2.39. The summed E-state index contributed by atoms with van der Waals surface area (Å²) in [6, 6.07) is 0. The third-order valence-electron chi connectivity index (χ3n) is 2.57. The standard InChI is InChI=1S/C11H21N3O3/c1-10(15)13-9-11(16)12-3-2-4-14-5-7-17-8-6-14/h2-9H2,1H3,(H,12,16)(H,13,15). The highest BCUT2D eigenvalue weighted by atomic mass is 16.5. The van der Waals surface area contributed by atoms with Crippen molar-refractivity contribution in [3.63, 3.8) is 0 Å². The number of amides is 2. The summed E-state index contributed by atoms with van der Waals surface area (Å²) < 4.78 is 5.25. The summed E-state index contributed by atoms with van der Waals surface area (Å²) in [4.78, 5) is 24.1. The second-order valence-electron chi connectivity index (χ2n) is 4.07. The Morgan fingerprint density at radius 3 is 2.59 bits per heavy atom. The van der Waals surface area contributed by atoms with Crippen LogP contribution < -0.4 is 10.6 Å². The summed E-state index contributed by atoms with van der Waals surface area (Å²) in [5, 5.41) is 5.22. The minimum atomic E-state index is -0.187. The molecule has 1 fully saturated rings. The number of ether oxygens (including phenoxy) is 1. The maximum Gasteiger partial charge on any atom is 0.239 e. The smallest absolute Gasteiger partial charge is 0.239 e. The molecule has 1 saturated heterocycles. The monoisotopic (exact) mass is 243 g/mol. The van der Waals surface area contributed by atoms with Crippen molar-refractivity contribution in [2.75, 3.05) is 45.9 Å². The van der Waals surface area contributed by atoms with Crippen molar-refractivity contribution in [3.05, 3.63) is 0 Å². The maximum atomic E-state index is 11.2. The van der Waals surface area contributed by atoms with Crippen LogP contribution in [0.25, 0.3) is 0 Å². The molecule has 1 rings (SSSR count). The zero-order chi connectivity index (χ0) is 12.5. The predicted octanol–water partition coefficient (Wildman–Crippen LogP) is -1.04. The SMILES string of the molecule is CC(=O)NCC(=O)NCCCN1CCOCC1. The molecule has 6 nitrogen and oxygen atoms in total. The fraction of sp³-hybridized carbons (Fsp3) is 0.818. The first-order chi connectivity index (χ1) is 8.18. The zero-order valence-electron chi connectivity index (χ0n) is 10.3. The lowest BCUT2D eigenvalue weighted by molar-refractivity contribution is -0.125. The van der Waals surface area contributed by atoms with Gasteiger partial charge in [-0.05, 0) is 13.0 Å². The predicted molar refractivity (Wildman–Crippen MR) is 63.6 cm³/mol. The van der Waals surface area contributed by atoms with Crippen LogP contribution in [0, 0.1) is 0 Å². The minimum absolute atomic E-state index is 0.0624. The van der Waals surface area contributed by atoms with E-state index in [4.69, 9.17) is 4.74 Å². The van der Waals surface area contributed by atoms with E-state index in [2.05, 4.69) is 15.5 Å². The highest BCUT2D eigenvalue weighted by molar-refractivity contribution is 5.83. The molecule has 0 spiro atoms. The second kappa shape index (κ2) is 8.03. The van der Waals surface area contributed by atoms with Gasteiger partial charge in [0, 0.05) is 26.6 Å². The molecular weight excluding hydrogens is 222 g/mol. The number of morpholine rings is 1. The van der Waals surface area contributed by atoms with E-state index in [-0.39, 0.29) is 18.4 Å². The van der Waals surface area contributed by atoms with Crippen LogP contribution in [0.4, 0.5) is 0 Å². The van der Waals surface area contributed by atoms with Gasteiger partial charge in [0.25, 0.3) is 0 Å². The molecule has 17 heavy (non-hydrogen) atoms. The van der Waals surface area contributed by atoms with Crippen molar-refractivity contribution in [2.24, 2.45) is 0 Å². The van der Waals surface area contributed by atoms with Gasteiger partial charge in [0.1, 0.15) is 0 Å². The van der Waals surface area contributed by atoms with Crippen LogP contribution in [0.5, 0.6) is 0 Å². The van der Waals surface area contributed by atoms with Gasteiger partial charge in [-0.25, -0.2) is 0 Å². The highest BCUT2D eigenvalue weighted by Gasteiger charge is 2.09. The summed E-state index contributed by atoms with van der Waals surface area (Å²) in [7, 11) is 0. The topological polar surface area (TPSA) is 70.7 Å². The molecule has 1 aliphatic heterocycles. The van der Waals surface area contributed by atoms with Crippen LogP contribution in [0.3, 0.4) is 0 Å². The molecule has 0 saturated carbocycles. The summed E-state index contributed by atoms with van der Waals surface area (Å²) in [5.74, 6) is -0.323. The Bertz CT molecular complexity index is 252.